The number of ether oxygens (including phenoxy) is 1. The minimum absolute atomic E-state index is 0.114. The van der Waals surface area contributed by atoms with Gasteiger partial charge in [0.05, 0.1) is 0 Å². The first-order valence-corrected chi connectivity index (χ1v) is 12.6. The fourth-order valence-electron chi connectivity index (χ4n) is 4.74. The van der Waals surface area contributed by atoms with E-state index in [2.05, 4.69) is 37.4 Å². The first-order chi connectivity index (χ1) is 16.9. The van der Waals surface area contributed by atoms with Crippen molar-refractivity contribution in [3.63, 3.8) is 0 Å². The van der Waals surface area contributed by atoms with E-state index < -0.39 is 11.8 Å². The topological polar surface area (TPSA) is 95.5 Å². The molecule has 4 rings (SSSR count). The Bertz CT molecular complexity index is 1010. The molecule has 1 aromatic carbocycles. The third kappa shape index (κ3) is 7.00. The molecule has 9 nitrogen and oxygen atoms in total. The summed E-state index contributed by atoms with van der Waals surface area (Å²) in [5, 5.41) is 6.63. The fourth-order valence-corrected chi connectivity index (χ4v) is 4.74. The number of nitrogens with one attached hydrogen (secondary N) is 2. The molecule has 2 N–H and O–H groups in total. The summed E-state index contributed by atoms with van der Waals surface area (Å²) in [4.78, 5) is 29.7. The molecule has 1 saturated carbocycles. The van der Waals surface area contributed by atoms with Crippen LogP contribution in [0.15, 0.2) is 18.2 Å². The highest BCUT2D eigenvalue weighted by atomic mass is 19.1. The van der Waals surface area contributed by atoms with Crippen LogP contribution in [0.2, 0.25) is 0 Å². The zero-order chi connectivity index (χ0) is 24.8. The summed E-state index contributed by atoms with van der Waals surface area (Å²) in [6.45, 7) is 3.31. The van der Waals surface area contributed by atoms with Crippen LogP contribution in [0.3, 0.4) is 0 Å². The van der Waals surface area contributed by atoms with E-state index in [9.17, 15) is 9.18 Å². The second-order valence-corrected chi connectivity index (χ2v) is 9.62. The van der Waals surface area contributed by atoms with Crippen molar-refractivity contribution in [2.75, 3.05) is 42.7 Å². The summed E-state index contributed by atoms with van der Waals surface area (Å²) in [6.07, 6.45) is 9.19. The minimum atomic E-state index is -0.639. The maximum absolute atomic E-state index is 14.4. The Balaban J connectivity index is 1.57. The molecule has 10 heteroatoms. The van der Waals surface area contributed by atoms with E-state index >= 15 is 0 Å². The van der Waals surface area contributed by atoms with Crippen molar-refractivity contribution in [1.82, 2.24) is 19.9 Å². The molecule has 0 spiro atoms. The van der Waals surface area contributed by atoms with Gasteiger partial charge in [-0.1, -0.05) is 25.7 Å². The highest BCUT2D eigenvalue weighted by Gasteiger charge is 2.24. The van der Waals surface area contributed by atoms with Gasteiger partial charge in [-0.05, 0) is 58.0 Å². The number of esters is 1. The van der Waals surface area contributed by atoms with E-state index in [0.717, 1.165) is 38.8 Å². The van der Waals surface area contributed by atoms with Gasteiger partial charge in [-0.3, -0.25) is 4.79 Å². The maximum atomic E-state index is 14.4. The first-order valence-electron chi connectivity index (χ1n) is 12.6. The lowest BCUT2D eigenvalue weighted by molar-refractivity contribution is -0.132. The normalized spacial score (nSPS) is 18.1. The van der Waals surface area contributed by atoms with Crippen LogP contribution >= 0.6 is 0 Å². The van der Waals surface area contributed by atoms with E-state index in [0.29, 0.717) is 35.6 Å². The molecule has 2 heterocycles. The van der Waals surface area contributed by atoms with E-state index in [1.807, 2.05) is 7.05 Å². The highest BCUT2D eigenvalue weighted by molar-refractivity contribution is 5.70. The Labute approximate surface area is 206 Å². The van der Waals surface area contributed by atoms with Gasteiger partial charge in [0.1, 0.15) is 0 Å². The quantitative estimate of drug-likeness (QED) is 0.337. The number of aromatic nitrogens is 3. The Morgan fingerprint density at radius 2 is 1.74 bits per heavy atom. The third-order valence-corrected chi connectivity index (χ3v) is 6.80. The number of nitrogens with zero attached hydrogens (tertiary/aromatic N) is 5. The number of carbonyl (C=O) groups is 1. The van der Waals surface area contributed by atoms with Crippen molar-refractivity contribution in [2.45, 2.75) is 70.4 Å². The lowest BCUT2D eigenvalue weighted by Crippen LogP contribution is -2.42. The predicted octanol–water partition coefficient (Wildman–Crippen LogP) is 4.34. The third-order valence-electron chi connectivity index (χ3n) is 6.80. The van der Waals surface area contributed by atoms with Crippen LogP contribution in [0, 0.1) is 5.82 Å². The van der Waals surface area contributed by atoms with Crippen LogP contribution in [0.1, 0.15) is 58.3 Å². The Hall–Kier alpha value is -3.01. The zero-order valence-electron chi connectivity index (χ0n) is 20.9. The van der Waals surface area contributed by atoms with Gasteiger partial charge in [0.15, 0.2) is 11.6 Å². The molecule has 0 bridgehead atoms. The fraction of sp³-hybridized carbons (Fsp3) is 0.600. The van der Waals surface area contributed by atoms with Crippen molar-refractivity contribution >= 4 is 29.5 Å². The van der Waals surface area contributed by atoms with E-state index in [4.69, 9.17) is 9.72 Å². The van der Waals surface area contributed by atoms with Gasteiger partial charge in [0.25, 0.3) is 0 Å². The summed E-state index contributed by atoms with van der Waals surface area (Å²) >= 11 is 0. The summed E-state index contributed by atoms with van der Waals surface area (Å²) in [5.41, 5.74) is 0.456. The SMILES string of the molecule is CC(=O)Oc1ccc(Nc2nc(NC3CCCCCC3)nc(N(C)C3CCN(C)CC3)n2)cc1F. The number of benzene rings is 1. The van der Waals surface area contributed by atoms with Crippen LogP contribution < -0.4 is 20.3 Å². The van der Waals surface area contributed by atoms with Crippen molar-refractivity contribution in [1.29, 1.82) is 0 Å². The second kappa shape index (κ2) is 11.6. The van der Waals surface area contributed by atoms with Crippen molar-refractivity contribution in [3.05, 3.63) is 24.0 Å². The average molecular weight is 486 g/mol. The molecule has 0 atom stereocenters. The van der Waals surface area contributed by atoms with Gasteiger partial charge in [0, 0.05) is 37.8 Å². The van der Waals surface area contributed by atoms with Gasteiger partial charge in [0.2, 0.25) is 17.8 Å². The number of rotatable bonds is 7. The summed E-state index contributed by atoms with van der Waals surface area (Å²) in [6, 6.07) is 4.98. The molecule has 0 amide bonds. The number of halogens is 1. The molecule has 1 aliphatic carbocycles. The lowest BCUT2D eigenvalue weighted by Gasteiger charge is -2.35. The molecule has 0 radical (unpaired) electrons. The summed E-state index contributed by atoms with van der Waals surface area (Å²) in [5.74, 6) is 0.131. The molecule has 2 fully saturated rings. The number of hydrogen-bond donors (Lipinski definition) is 2. The lowest BCUT2D eigenvalue weighted by atomic mass is 10.0. The van der Waals surface area contributed by atoms with Crippen molar-refractivity contribution in [3.8, 4) is 5.75 Å². The van der Waals surface area contributed by atoms with Crippen molar-refractivity contribution < 1.29 is 13.9 Å². The number of piperidine rings is 1. The molecule has 2 aromatic rings. The molecular weight excluding hydrogens is 449 g/mol. The van der Waals surface area contributed by atoms with Crippen LogP contribution in [0.4, 0.5) is 27.9 Å². The van der Waals surface area contributed by atoms with E-state index in [-0.39, 0.29) is 5.75 Å². The zero-order valence-corrected chi connectivity index (χ0v) is 20.9. The van der Waals surface area contributed by atoms with Crippen molar-refractivity contribution in [2.24, 2.45) is 0 Å². The number of carbonyl (C=O) groups excluding carboxylic acids is 1. The molecule has 35 heavy (non-hydrogen) atoms. The minimum Gasteiger partial charge on any atom is -0.424 e. The molecule has 0 unspecified atom stereocenters. The molecule has 1 saturated heterocycles. The van der Waals surface area contributed by atoms with Crippen LogP contribution in [0.5, 0.6) is 5.75 Å². The van der Waals surface area contributed by atoms with Crippen LogP contribution in [-0.4, -0.2) is 65.1 Å². The molecular formula is C25H36FN7O2. The molecule has 1 aromatic heterocycles. The van der Waals surface area contributed by atoms with E-state index in [1.54, 1.807) is 6.07 Å². The van der Waals surface area contributed by atoms with E-state index in [1.165, 1.54) is 44.7 Å². The van der Waals surface area contributed by atoms with Crippen LogP contribution in [0.25, 0.3) is 0 Å². The summed E-state index contributed by atoms with van der Waals surface area (Å²) in [7, 11) is 4.17. The average Bonchev–Trinajstić information content (AvgIpc) is 3.09. The largest absolute Gasteiger partial charge is 0.424 e. The predicted molar refractivity (Wildman–Crippen MR) is 135 cm³/mol. The molecule has 1 aliphatic heterocycles. The number of hydrogen-bond acceptors (Lipinski definition) is 9. The van der Waals surface area contributed by atoms with Gasteiger partial charge < -0.3 is 25.2 Å². The number of likely N-dealkylation sites (tertiary alicyclic amines) is 1. The Morgan fingerprint density at radius 3 is 2.40 bits per heavy atom. The maximum Gasteiger partial charge on any atom is 0.308 e. The highest BCUT2D eigenvalue weighted by Crippen LogP contribution is 2.26. The Kier molecular flexibility index (Phi) is 8.33. The van der Waals surface area contributed by atoms with Gasteiger partial charge in [-0.15, -0.1) is 0 Å². The van der Waals surface area contributed by atoms with Gasteiger partial charge in [-0.25, -0.2) is 4.39 Å². The Morgan fingerprint density at radius 1 is 1.06 bits per heavy atom. The van der Waals surface area contributed by atoms with Gasteiger partial charge in [-0.2, -0.15) is 15.0 Å². The smallest absolute Gasteiger partial charge is 0.308 e. The van der Waals surface area contributed by atoms with Crippen LogP contribution in [-0.2, 0) is 4.79 Å². The molecule has 2 aliphatic rings. The second-order valence-electron chi connectivity index (χ2n) is 9.62. The monoisotopic (exact) mass is 485 g/mol. The first kappa shape index (κ1) is 25.1. The standard InChI is InChI=1S/C25H36FN7O2/c1-17(34)35-22-11-10-19(16-21(22)26)28-24-29-23(27-18-8-6-4-5-7-9-18)30-25(31-24)33(3)20-12-14-32(2)15-13-20/h10-11,16,18,20H,4-9,12-15H2,1-3H3,(H2,27,28,29,30,31). The number of anilines is 4. The molecule has 190 valence electrons. The summed E-state index contributed by atoms with van der Waals surface area (Å²) < 4.78 is 19.3. The van der Waals surface area contributed by atoms with Gasteiger partial charge >= 0.3 is 5.97 Å².